The molecule has 0 unspecified atom stereocenters. The third-order valence-corrected chi connectivity index (χ3v) is 16.5. The molecule has 0 radical (unpaired) electrons. The normalized spacial score (nSPS) is 13.7. The number of H-pyrrole nitrogens is 1. The maximum Gasteiger partial charge on any atom is 0.331 e. The van der Waals surface area contributed by atoms with E-state index in [9.17, 15) is 48.3 Å². The summed E-state index contributed by atoms with van der Waals surface area (Å²) >= 11 is 0. The van der Waals surface area contributed by atoms with Gasteiger partial charge in [-0.15, -0.1) is 0 Å². The van der Waals surface area contributed by atoms with E-state index in [1.807, 2.05) is 137 Å². The van der Waals surface area contributed by atoms with E-state index in [2.05, 4.69) is 36.7 Å². The van der Waals surface area contributed by atoms with Crippen LogP contribution in [0.1, 0.15) is 150 Å². The molecule has 0 fully saturated rings. The van der Waals surface area contributed by atoms with Crippen LogP contribution in [0.25, 0.3) is 22.5 Å². The molecule has 0 bridgehead atoms. The van der Waals surface area contributed by atoms with E-state index >= 15 is 0 Å². The second-order valence-electron chi connectivity index (χ2n) is 25.3. The maximum absolute atomic E-state index is 14.3. The number of urea groups is 1. The highest BCUT2D eigenvalue weighted by atomic mass is 16.5. The molecule has 92 heavy (non-hydrogen) atoms. The van der Waals surface area contributed by atoms with Crippen molar-refractivity contribution in [2.24, 2.45) is 28.9 Å². The van der Waals surface area contributed by atoms with Gasteiger partial charge in [-0.3, -0.25) is 33.6 Å². The van der Waals surface area contributed by atoms with Gasteiger partial charge in [-0.25, -0.2) is 9.59 Å². The zero-order valence-corrected chi connectivity index (χ0v) is 55.3. The molecule has 0 saturated heterocycles. The van der Waals surface area contributed by atoms with Crippen LogP contribution in [0, 0.1) is 23.2 Å². The van der Waals surface area contributed by atoms with Crippen LogP contribution >= 0.6 is 0 Å². The lowest BCUT2D eigenvalue weighted by Crippen LogP contribution is -2.61. The van der Waals surface area contributed by atoms with Crippen LogP contribution in [0.2, 0.25) is 0 Å². The summed E-state index contributed by atoms with van der Waals surface area (Å²) in [6.07, 6.45) is 1.53. The minimum atomic E-state index is -1.08. The van der Waals surface area contributed by atoms with Crippen LogP contribution in [-0.4, -0.2) is 123 Å². The summed E-state index contributed by atoms with van der Waals surface area (Å²) in [7, 11) is 3.27. The highest BCUT2D eigenvalue weighted by Gasteiger charge is 2.42. The Morgan fingerprint density at radius 1 is 0.761 bits per heavy atom. The van der Waals surface area contributed by atoms with E-state index in [0.29, 0.717) is 45.7 Å². The van der Waals surface area contributed by atoms with Crippen LogP contribution in [0.3, 0.4) is 0 Å². The van der Waals surface area contributed by atoms with Gasteiger partial charge in [0, 0.05) is 67.3 Å². The Hall–Kier alpha value is -8.85. The van der Waals surface area contributed by atoms with Gasteiger partial charge in [-0.05, 0) is 77.9 Å². The van der Waals surface area contributed by atoms with Gasteiger partial charge in [0.2, 0.25) is 23.6 Å². The Labute approximate surface area is 542 Å². The van der Waals surface area contributed by atoms with Gasteiger partial charge in [0.05, 0.1) is 36.8 Å². The summed E-state index contributed by atoms with van der Waals surface area (Å²) < 4.78 is 5.70. The first kappa shape index (κ1) is 75.6. The van der Waals surface area contributed by atoms with Gasteiger partial charge in [0.15, 0.2) is 5.78 Å². The summed E-state index contributed by atoms with van der Waals surface area (Å²) in [5.41, 5.74) is 10.8. The van der Waals surface area contributed by atoms with Crippen molar-refractivity contribution in [1.82, 2.24) is 41.6 Å². The smallest absolute Gasteiger partial charge is 0.331 e. The van der Waals surface area contributed by atoms with Crippen molar-refractivity contribution >= 4 is 58.9 Å². The molecular formula is C71H98N10O11. The number of nitrogens with two attached hydrogens (primary N) is 1. The number of esters is 1. The number of carboxylic acids is 1. The number of nitrogens with one attached hydrogen (secondary N) is 5. The SMILES string of the molecule is C.CC.CN[C@H](C(=O)N[C@H](C(=O)N(C)[C@H](/C=C(\C)C(=O)O)C(C)C)C(C)(C)C)C(C)(C)c1cccc(CC(=O)OCc2ccc(CC(=O)[C@H](CCCNC(N)=O)NC(=O)[C@@H](CC(=O)CCC(=O)N3Cc4ccccc4-c4n[nH]nc4-c4ccccc43)C(C)C)cc2)c1. The molecule has 5 atom stereocenters. The minimum absolute atomic E-state index is 0. The average Bonchev–Trinajstić information content (AvgIpc) is 1.56. The lowest BCUT2D eigenvalue weighted by molar-refractivity contribution is -0.144. The standard InChI is InChI=1S/C68H88N10O11.C2H6.CH4/c1-40(2)51(37-48(79)30-31-56(81)78-38-46-20-13-14-22-49(46)58-59(75-76-74-58)50-23-15-16-25-53(50)78)62(83)72-52(24-18-32-71-66(69)88)55(80)35-43-26-28-44(29-27-43)39-89-57(82)36-45-19-17-21-47(34-45)68(9,10)60(70-11)63(84)73-61(67(6,7)8)64(85)77(12)54(41(3)4)33-42(5)65(86)87;1-2;/h13-17,19-23,25-29,33-34,40-41,51-52,54,60-61,70H,18,24,30-32,35-39H2,1-12H3,(H,72,83)(H,73,84)(H,86,87)(H3,69,71,88)(H,74,75,76);1-2H3;1H4/b42-33+;;/t51-,52-,54+,60+,61+;;/m0../s1. The monoisotopic (exact) mass is 1270 g/mol. The van der Waals surface area contributed by atoms with E-state index in [1.54, 1.807) is 61.5 Å². The molecule has 0 spiro atoms. The fourth-order valence-corrected chi connectivity index (χ4v) is 11.2. The van der Waals surface area contributed by atoms with Gasteiger partial charge < -0.3 is 46.6 Å². The van der Waals surface area contributed by atoms with Crippen molar-refractivity contribution in [2.45, 2.75) is 178 Å². The molecule has 1 aromatic heterocycles. The van der Waals surface area contributed by atoms with E-state index in [4.69, 9.17) is 10.5 Å². The predicted octanol–water partition coefficient (Wildman–Crippen LogP) is 9.60. The number of carbonyl (C=O) groups is 9. The number of aromatic nitrogens is 3. The number of rotatable bonds is 29. The van der Waals surface area contributed by atoms with Gasteiger partial charge in [-0.1, -0.05) is 181 Å². The third kappa shape index (κ3) is 20.3. The Morgan fingerprint density at radius 3 is 1.99 bits per heavy atom. The number of Topliss-reactive ketones (excluding diaryl/α,β-unsaturated/α-hetero) is 2. The first-order valence-corrected chi connectivity index (χ1v) is 31.3. The molecule has 1 aliphatic rings. The molecule has 498 valence electrons. The number of amides is 6. The van der Waals surface area contributed by atoms with Gasteiger partial charge in [-0.2, -0.15) is 15.4 Å². The summed E-state index contributed by atoms with van der Waals surface area (Å²) in [6, 6.07) is 25.3. The highest BCUT2D eigenvalue weighted by molar-refractivity contribution is 6.02. The van der Waals surface area contributed by atoms with Crippen molar-refractivity contribution in [3.05, 3.63) is 137 Å². The minimum Gasteiger partial charge on any atom is -0.478 e. The zero-order chi connectivity index (χ0) is 67.5. The molecule has 0 aliphatic carbocycles. The summed E-state index contributed by atoms with van der Waals surface area (Å²) in [5, 5.41) is 32.7. The number of para-hydroxylation sites is 1. The maximum atomic E-state index is 14.3. The number of ketones is 2. The van der Waals surface area contributed by atoms with Crippen LogP contribution in [-0.2, 0) is 74.5 Å². The number of nitrogens with zero attached hydrogens (tertiary/aromatic N) is 4. The van der Waals surface area contributed by atoms with Crippen molar-refractivity contribution in [3.8, 4) is 22.5 Å². The summed E-state index contributed by atoms with van der Waals surface area (Å²) in [4.78, 5) is 124. The first-order chi connectivity index (χ1) is 43.0. The van der Waals surface area contributed by atoms with Crippen LogP contribution < -0.4 is 31.9 Å². The highest BCUT2D eigenvalue weighted by Crippen LogP contribution is 2.40. The summed E-state index contributed by atoms with van der Waals surface area (Å²) in [5.74, 6) is -4.96. The zero-order valence-electron chi connectivity index (χ0n) is 55.3. The Kier molecular flexibility index (Phi) is 28.4. The Balaban J connectivity index is 0.00000596. The Morgan fingerprint density at radius 2 is 1.38 bits per heavy atom. The molecule has 21 heteroatoms. The number of aliphatic carboxylic acids is 1. The predicted molar refractivity (Wildman–Crippen MR) is 358 cm³/mol. The number of aromatic amines is 1. The number of hydrogen-bond donors (Lipinski definition) is 7. The number of fused-ring (bicyclic) bond motifs is 5. The average molecular weight is 1270 g/mol. The largest absolute Gasteiger partial charge is 0.478 e. The topological polar surface area (TPSA) is 305 Å². The second-order valence-corrected chi connectivity index (χ2v) is 25.3. The van der Waals surface area contributed by atoms with Gasteiger partial charge in [0.25, 0.3) is 0 Å². The molecule has 6 rings (SSSR count). The van der Waals surface area contributed by atoms with Crippen LogP contribution in [0.15, 0.2) is 109 Å². The van der Waals surface area contributed by atoms with E-state index < -0.39 is 70.7 Å². The number of primary amides is 1. The summed E-state index contributed by atoms with van der Waals surface area (Å²) in [6.45, 7) is 22.6. The number of hydrogen-bond acceptors (Lipinski definition) is 13. The van der Waals surface area contributed by atoms with E-state index in [-0.39, 0.29) is 106 Å². The fourth-order valence-electron chi connectivity index (χ4n) is 11.2. The molecular weight excluding hydrogens is 1170 g/mol. The Bertz CT molecular complexity index is 3400. The number of benzene rings is 4. The van der Waals surface area contributed by atoms with E-state index in [1.165, 1.54) is 11.8 Å². The molecule has 21 nitrogen and oxygen atoms in total. The van der Waals surface area contributed by atoms with Crippen LogP contribution in [0.4, 0.5) is 10.5 Å². The molecule has 5 aromatic rings. The molecule has 6 amide bonds. The fraction of sp³-hybridized carbons (Fsp3) is 0.479. The van der Waals surface area contributed by atoms with Gasteiger partial charge in [0.1, 0.15) is 29.8 Å². The second kappa shape index (κ2) is 34.5. The lowest BCUT2D eigenvalue weighted by Gasteiger charge is -2.40. The van der Waals surface area contributed by atoms with E-state index in [0.717, 1.165) is 16.7 Å². The molecule has 2 heterocycles. The molecule has 4 aromatic carbocycles. The number of likely N-dealkylation sites (N-methyl/N-ethyl adjacent to an activating group) is 2. The van der Waals surface area contributed by atoms with Crippen molar-refractivity contribution < 1.29 is 53.0 Å². The number of carbonyl (C=O) groups excluding carboxylic acids is 8. The number of carboxylic acid groups (broad SMARTS) is 1. The van der Waals surface area contributed by atoms with Crippen LogP contribution in [0.5, 0.6) is 0 Å². The first-order valence-electron chi connectivity index (χ1n) is 31.3. The van der Waals surface area contributed by atoms with Crippen molar-refractivity contribution in [2.75, 3.05) is 25.5 Å². The van der Waals surface area contributed by atoms with Crippen molar-refractivity contribution in [3.63, 3.8) is 0 Å². The molecule has 8 N–H and O–H groups in total. The third-order valence-electron chi connectivity index (χ3n) is 16.5. The van der Waals surface area contributed by atoms with Crippen molar-refractivity contribution in [1.29, 1.82) is 0 Å². The molecule has 1 aliphatic heterocycles. The quantitative estimate of drug-likeness (QED) is 0.0133. The van der Waals surface area contributed by atoms with Gasteiger partial charge >= 0.3 is 18.0 Å². The number of ether oxygens (including phenoxy) is 1. The number of anilines is 1. The molecule has 0 saturated carbocycles. The lowest BCUT2D eigenvalue weighted by atomic mass is 9.76.